The van der Waals surface area contributed by atoms with E-state index < -0.39 is 0 Å². The van der Waals surface area contributed by atoms with Crippen molar-refractivity contribution in [1.82, 2.24) is 10.9 Å². The van der Waals surface area contributed by atoms with E-state index in [9.17, 15) is 0 Å². The Morgan fingerprint density at radius 2 is 2.21 bits per heavy atom. The van der Waals surface area contributed by atoms with Crippen molar-refractivity contribution in [2.75, 3.05) is 0 Å². The molecule has 1 aromatic heterocycles. The fourth-order valence-corrected chi connectivity index (χ4v) is 2.95. The lowest BCUT2D eigenvalue weighted by Gasteiger charge is -2.04. The van der Waals surface area contributed by atoms with E-state index in [1.807, 2.05) is 13.8 Å². The van der Waals surface area contributed by atoms with E-state index in [2.05, 4.69) is 44.8 Å². The second-order valence-electron chi connectivity index (χ2n) is 2.54. The Balaban J connectivity index is 0.000000461. The molecule has 2 heterocycles. The van der Waals surface area contributed by atoms with Crippen LogP contribution < -0.4 is 10.9 Å². The summed E-state index contributed by atoms with van der Waals surface area (Å²) < 4.78 is 1.13. The molecular weight excluding hydrogens is 262 g/mol. The van der Waals surface area contributed by atoms with Gasteiger partial charge in [-0.25, -0.2) is 10.4 Å². The van der Waals surface area contributed by atoms with Gasteiger partial charge >= 0.3 is 0 Å². The molecule has 0 saturated heterocycles. The average molecular weight is 276 g/mol. The third kappa shape index (κ3) is 2.56. The van der Waals surface area contributed by atoms with Crippen molar-refractivity contribution in [3.05, 3.63) is 20.3 Å². The maximum absolute atomic E-state index is 4.21. The SMILES string of the molecule is CC.Cc1cc(Br)c(C2N=CNN2)s1. The van der Waals surface area contributed by atoms with E-state index >= 15 is 0 Å². The molecule has 78 valence electrons. The highest BCUT2D eigenvalue weighted by Gasteiger charge is 2.17. The van der Waals surface area contributed by atoms with Crippen LogP contribution in [0.5, 0.6) is 0 Å². The molecule has 1 atom stereocenters. The molecule has 0 radical (unpaired) electrons. The number of hydrazine groups is 1. The molecule has 0 bridgehead atoms. The standard InChI is InChI=1S/C7H8BrN3S.C2H6/c1-4-2-5(8)6(12-4)7-9-3-10-11-7;1-2/h2-3,7,11H,1H3,(H,9,10);1-2H3. The van der Waals surface area contributed by atoms with Crippen molar-refractivity contribution in [3.8, 4) is 0 Å². The van der Waals surface area contributed by atoms with E-state index in [4.69, 9.17) is 0 Å². The predicted molar refractivity (Wildman–Crippen MR) is 65.6 cm³/mol. The molecule has 14 heavy (non-hydrogen) atoms. The van der Waals surface area contributed by atoms with Crippen LogP contribution in [0.15, 0.2) is 15.5 Å². The highest BCUT2D eigenvalue weighted by molar-refractivity contribution is 9.10. The van der Waals surface area contributed by atoms with Crippen molar-refractivity contribution in [1.29, 1.82) is 0 Å². The lowest BCUT2D eigenvalue weighted by atomic mass is 10.4. The fraction of sp³-hybridized carbons (Fsp3) is 0.444. The van der Waals surface area contributed by atoms with Crippen LogP contribution in [0.4, 0.5) is 0 Å². The zero-order valence-electron chi connectivity index (χ0n) is 8.47. The van der Waals surface area contributed by atoms with Crippen molar-refractivity contribution >= 4 is 33.6 Å². The molecule has 2 N–H and O–H groups in total. The van der Waals surface area contributed by atoms with E-state index in [1.165, 1.54) is 9.75 Å². The minimum Gasteiger partial charge on any atom is -0.310 e. The maximum atomic E-state index is 4.21. The summed E-state index contributed by atoms with van der Waals surface area (Å²) in [4.78, 5) is 6.72. The predicted octanol–water partition coefficient (Wildman–Crippen LogP) is 2.98. The number of halogens is 1. The van der Waals surface area contributed by atoms with E-state index in [0.717, 1.165) is 4.47 Å². The van der Waals surface area contributed by atoms with Gasteiger partial charge in [0.1, 0.15) is 0 Å². The zero-order chi connectivity index (χ0) is 10.6. The first-order valence-electron chi connectivity index (χ1n) is 4.56. The zero-order valence-corrected chi connectivity index (χ0v) is 10.9. The highest BCUT2D eigenvalue weighted by Crippen LogP contribution is 2.32. The Bertz CT molecular complexity index is 322. The van der Waals surface area contributed by atoms with Gasteiger partial charge in [-0.05, 0) is 28.9 Å². The van der Waals surface area contributed by atoms with Crippen LogP contribution in [-0.4, -0.2) is 6.34 Å². The largest absolute Gasteiger partial charge is 0.310 e. The molecule has 1 aromatic rings. The second kappa shape index (κ2) is 5.48. The fourth-order valence-electron chi connectivity index (χ4n) is 1.09. The molecule has 3 nitrogen and oxygen atoms in total. The molecule has 1 unspecified atom stereocenters. The number of nitrogens with zero attached hydrogens (tertiary/aromatic N) is 1. The van der Waals surface area contributed by atoms with Crippen LogP contribution in [0.3, 0.4) is 0 Å². The monoisotopic (exact) mass is 275 g/mol. The van der Waals surface area contributed by atoms with Gasteiger partial charge in [0, 0.05) is 9.35 Å². The molecule has 0 aromatic carbocycles. The molecular formula is C9H14BrN3S. The normalized spacial score (nSPS) is 18.7. The number of rotatable bonds is 1. The number of aliphatic imine (C=N–C) groups is 1. The average Bonchev–Trinajstić information content (AvgIpc) is 2.78. The molecule has 0 fully saturated rings. The van der Waals surface area contributed by atoms with E-state index in [-0.39, 0.29) is 6.17 Å². The molecule has 1 aliphatic rings. The molecule has 5 heteroatoms. The summed E-state index contributed by atoms with van der Waals surface area (Å²) in [6, 6.07) is 2.11. The van der Waals surface area contributed by atoms with Crippen LogP contribution in [0.1, 0.15) is 29.8 Å². The summed E-state index contributed by atoms with van der Waals surface area (Å²) in [6.07, 6.45) is 1.74. The first kappa shape index (κ1) is 11.7. The Kier molecular flexibility index (Phi) is 4.57. The lowest BCUT2D eigenvalue weighted by Crippen LogP contribution is -2.25. The van der Waals surface area contributed by atoms with Gasteiger partial charge in [-0.3, -0.25) is 0 Å². The number of nitrogens with one attached hydrogen (secondary N) is 2. The highest BCUT2D eigenvalue weighted by atomic mass is 79.9. The first-order chi connectivity index (χ1) is 6.77. The minimum atomic E-state index is 0.0677. The van der Waals surface area contributed by atoms with Crippen LogP contribution in [0.25, 0.3) is 0 Å². The van der Waals surface area contributed by atoms with Gasteiger partial charge in [0.15, 0.2) is 6.17 Å². The van der Waals surface area contributed by atoms with Gasteiger partial charge in [-0.2, -0.15) is 0 Å². The van der Waals surface area contributed by atoms with Gasteiger partial charge in [0.2, 0.25) is 0 Å². The lowest BCUT2D eigenvalue weighted by molar-refractivity contribution is 0.583. The van der Waals surface area contributed by atoms with Crippen LogP contribution in [-0.2, 0) is 0 Å². The second-order valence-corrected chi connectivity index (χ2v) is 4.68. The molecule has 0 aliphatic carbocycles. The summed E-state index contributed by atoms with van der Waals surface area (Å²) in [7, 11) is 0. The van der Waals surface area contributed by atoms with Crippen molar-refractivity contribution in [2.24, 2.45) is 4.99 Å². The van der Waals surface area contributed by atoms with Crippen molar-refractivity contribution in [3.63, 3.8) is 0 Å². The summed E-state index contributed by atoms with van der Waals surface area (Å²) >= 11 is 5.24. The summed E-state index contributed by atoms with van der Waals surface area (Å²) in [5.41, 5.74) is 5.89. The minimum absolute atomic E-state index is 0.0677. The third-order valence-corrected chi connectivity index (χ3v) is 3.61. The van der Waals surface area contributed by atoms with E-state index in [1.54, 1.807) is 17.7 Å². The Morgan fingerprint density at radius 1 is 1.50 bits per heavy atom. The Morgan fingerprint density at radius 3 is 2.64 bits per heavy atom. The number of hydrogen-bond donors (Lipinski definition) is 2. The number of hydrogen-bond acceptors (Lipinski definition) is 4. The van der Waals surface area contributed by atoms with Crippen molar-refractivity contribution < 1.29 is 0 Å². The van der Waals surface area contributed by atoms with Crippen molar-refractivity contribution in [2.45, 2.75) is 26.9 Å². The summed E-state index contributed by atoms with van der Waals surface area (Å²) in [5, 5.41) is 0. The first-order valence-corrected chi connectivity index (χ1v) is 6.17. The Hall–Kier alpha value is -0.390. The quantitative estimate of drug-likeness (QED) is 0.827. The number of thiophene rings is 1. The van der Waals surface area contributed by atoms with Gasteiger partial charge < -0.3 is 5.43 Å². The number of aryl methyl sites for hydroxylation is 1. The maximum Gasteiger partial charge on any atom is 0.153 e. The van der Waals surface area contributed by atoms with Gasteiger partial charge in [0.05, 0.1) is 11.2 Å². The van der Waals surface area contributed by atoms with Gasteiger partial charge in [-0.1, -0.05) is 13.8 Å². The smallest absolute Gasteiger partial charge is 0.153 e. The van der Waals surface area contributed by atoms with Gasteiger partial charge in [0.25, 0.3) is 0 Å². The van der Waals surface area contributed by atoms with E-state index in [0.29, 0.717) is 0 Å². The third-order valence-electron chi connectivity index (χ3n) is 1.59. The van der Waals surface area contributed by atoms with Gasteiger partial charge in [-0.15, -0.1) is 11.3 Å². The summed E-state index contributed by atoms with van der Waals surface area (Å²) in [6.45, 7) is 6.09. The van der Waals surface area contributed by atoms with Crippen LogP contribution >= 0.6 is 27.3 Å². The molecule has 0 saturated carbocycles. The molecule has 1 aliphatic heterocycles. The topological polar surface area (TPSA) is 36.4 Å². The molecule has 0 spiro atoms. The van der Waals surface area contributed by atoms with Crippen LogP contribution in [0.2, 0.25) is 0 Å². The van der Waals surface area contributed by atoms with Crippen LogP contribution in [0, 0.1) is 6.92 Å². The summed E-state index contributed by atoms with van der Waals surface area (Å²) in [5.74, 6) is 0. The molecule has 0 amide bonds. The molecule has 2 rings (SSSR count). The Labute approximate surface area is 96.7 Å².